The van der Waals surface area contributed by atoms with E-state index in [1.165, 1.54) is 55.1 Å². The summed E-state index contributed by atoms with van der Waals surface area (Å²) in [5.74, 6) is -0.686. The van der Waals surface area contributed by atoms with Gasteiger partial charge in [-0.3, -0.25) is 10.0 Å². The molecule has 0 radical (unpaired) electrons. The summed E-state index contributed by atoms with van der Waals surface area (Å²) in [6.45, 7) is 2.01. The van der Waals surface area contributed by atoms with E-state index in [2.05, 4.69) is 4.90 Å². The van der Waals surface area contributed by atoms with Crippen molar-refractivity contribution in [1.82, 2.24) is 10.4 Å². The highest BCUT2D eigenvalue weighted by molar-refractivity contribution is 7.94. The molecule has 0 unspecified atom stereocenters. The monoisotopic (exact) mass is 336 g/mol. The average Bonchev–Trinajstić information content (AvgIpc) is 2.59. The lowest BCUT2D eigenvalue weighted by Crippen LogP contribution is -2.23. The molecule has 0 spiro atoms. The van der Waals surface area contributed by atoms with Gasteiger partial charge in [-0.05, 0) is 61.9 Å². The normalized spacial score (nSPS) is 16.1. The van der Waals surface area contributed by atoms with Crippen molar-refractivity contribution in [1.29, 1.82) is 0 Å². The SMILES string of the molecule is O=C(NO)c1ccc(S(=O)(=O)/C=C/C=C/N2CCCCC2)cc1. The maximum Gasteiger partial charge on any atom is 0.274 e. The molecule has 124 valence electrons. The minimum atomic E-state index is -3.56. The van der Waals surface area contributed by atoms with Gasteiger partial charge in [-0.25, -0.2) is 13.9 Å². The first-order valence-corrected chi connectivity index (χ1v) is 8.96. The number of amides is 1. The fraction of sp³-hybridized carbons (Fsp3) is 0.312. The number of nitrogens with one attached hydrogen (secondary N) is 1. The van der Waals surface area contributed by atoms with Gasteiger partial charge in [0.2, 0.25) is 0 Å². The van der Waals surface area contributed by atoms with E-state index in [1.54, 1.807) is 6.08 Å². The van der Waals surface area contributed by atoms with Crippen molar-refractivity contribution in [2.75, 3.05) is 13.1 Å². The summed E-state index contributed by atoms with van der Waals surface area (Å²) < 4.78 is 24.3. The molecule has 23 heavy (non-hydrogen) atoms. The highest BCUT2D eigenvalue weighted by atomic mass is 32.2. The summed E-state index contributed by atoms with van der Waals surface area (Å²) in [5.41, 5.74) is 1.68. The van der Waals surface area contributed by atoms with Gasteiger partial charge in [-0.15, -0.1) is 0 Å². The molecule has 1 aromatic rings. The molecule has 7 heteroatoms. The van der Waals surface area contributed by atoms with Gasteiger partial charge in [0.1, 0.15) is 0 Å². The highest BCUT2D eigenvalue weighted by Gasteiger charge is 2.11. The molecule has 6 nitrogen and oxygen atoms in total. The summed E-state index contributed by atoms with van der Waals surface area (Å²) in [4.78, 5) is 13.5. The van der Waals surface area contributed by atoms with Gasteiger partial charge in [-0.1, -0.05) is 0 Å². The van der Waals surface area contributed by atoms with Gasteiger partial charge >= 0.3 is 0 Å². The van der Waals surface area contributed by atoms with Gasteiger partial charge in [0.25, 0.3) is 5.91 Å². The van der Waals surface area contributed by atoms with Crippen molar-refractivity contribution in [3.63, 3.8) is 0 Å². The zero-order valence-corrected chi connectivity index (χ0v) is 13.5. The number of hydrogen-bond acceptors (Lipinski definition) is 5. The number of allylic oxidation sites excluding steroid dienone is 2. The molecule has 1 heterocycles. The molecule has 0 aromatic heterocycles. The third-order valence-electron chi connectivity index (χ3n) is 3.60. The van der Waals surface area contributed by atoms with E-state index < -0.39 is 15.7 Å². The highest BCUT2D eigenvalue weighted by Crippen LogP contribution is 2.14. The molecule has 1 amide bonds. The van der Waals surface area contributed by atoms with Crippen molar-refractivity contribution in [3.8, 4) is 0 Å². The van der Waals surface area contributed by atoms with Crippen LogP contribution in [0, 0.1) is 0 Å². The second-order valence-electron chi connectivity index (χ2n) is 5.28. The zero-order chi connectivity index (χ0) is 16.7. The molecule has 1 saturated heterocycles. The second-order valence-corrected chi connectivity index (χ2v) is 7.11. The van der Waals surface area contributed by atoms with Gasteiger partial charge in [0, 0.05) is 24.1 Å². The van der Waals surface area contributed by atoms with E-state index in [0.717, 1.165) is 18.5 Å². The molecule has 1 aromatic carbocycles. The van der Waals surface area contributed by atoms with Crippen molar-refractivity contribution < 1.29 is 18.4 Å². The van der Waals surface area contributed by atoms with Crippen molar-refractivity contribution in [2.24, 2.45) is 0 Å². The minimum Gasteiger partial charge on any atom is -0.377 e. The number of rotatable bonds is 5. The van der Waals surface area contributed by atoms with Crippen LogP contribution in [-0.4, -0.2) is 37.5 Å². The Labute approximate surface area is 136 Å². The van der Waals surface area contributed by atoms with Crippen LogP contribution in [0.2, 0.25) is 0 Å². The number of piperidine rings is 1. The number of benzene rings is 1. The van der Waals surface area contributed by atoms with E-state index in [4.69, 9.17) is 5.21 Å². The first kappa shape index (κ1) is 17.2. The number of hydrogen-bond donors (Lipinski definition) is 2. The number of sulfone groups is 1. The Balaban J connectivity index is 2.01. The summed E-state index contributed by atoms with van der Waals surface area (Å²) >= 11 is 0. The number of carbonyl (C=O) groups is 1. The Morgan fingerprint density at radius 1 is 1.09 bits per heavy atom. The summed E-state index contributed by atoms with van der Waals surface area (Å²) in [6.07, 6.45) is 8.70. The van der Waals surface area contributed by atoms with Crippen molar-refractivity contribution in [2.45, 2.75) is 24.2 Å². The molecule has 2 rings (SSSR count). The minimum absolute atomic E-state index is 0.0922. The Bertz CT molecular complexity index is 687. The maximum atomic E-state index is 12.1. The number of likely N-dealkylation sites (tertiary alicyclic amines) is 1. The van der Waals surface area contributed by atoms with Crippen molar-refractivity contribution >= 4 is 15.7 Å². The first-order chi connectivity index (χ1) is 11.0. The van der Waals surface area contributed by atoms with Crippen LogP contribution in [-0.2, 0) is 9.84 Å². The third-order valence-corrected chi connectivity index (χ3v) is 5.05. The molecular formula is C16H20N2O4S. The number of hydroxylamine groups is 1. The largest absolute Gasteiger partial charge is 0.377 e. The molecule has 0 aliphatic carbocycles. The molecule has 1 fully saturated rings. The second kappa shape index (κ2) is 7.94. The Hall–Kier alpha value is -2.12. The fourth-order valence-electron chi connectivity index (χ4n) is 2.33. The standard InChI is InChI=1S/C16H20N2O4S/c19-16(17-20)14-6-8-15(9-7-14)23(21,22)13-5-4-12-18-10-2-1-3-11-18/h4-9,12-13,20H,1-3,10-11H2,(H,17,19)/b12-4+,13-5+. The third kappa shape index (κ3) is 4.94. The molecular weight excluding hydrogens is 316 g/mol. The fourth-order valence-corrected chi connectivity index (χ4v) is 3.30. The molecule has 0 saturated carbocycles. The predicted molar refractivity (Wildman–Crippen MR) is 86.6 cm³/mol. The Morgan fingerprint density at radius 3 is 2.35 bits per heavy atom. The molecule has 1 aliphatic rings. The van der Waals surface area contributed by atoms with Crippen LogP contribution in [0.25, 0.3) is 0 Å². The summed E-state index contributed by atoms with van der Waals surface area (Å²) in [6, 6.07) is 5.35. The van der Waals surface area contributed by atoms with Crippen molar-refractivity contribution in [3.05, 3.63) is 53.6 Å². The van der Waals surface area contributed by atoms with E-state index >= 15 is 0 Å². The topological polar surface area (TPSA) is 86.7 Å². The summed E-state index contributed by atoms with van der Waals surface area (Å²) in [7, 11) is -3.56. The number of nitrogens with zero attached hydrogens (tertiary/aromatic N) is 1. The maximum absolute atomic E-state index is 12.1. The van der Waals surface area contributed by atoms with Crippen LogP contribution >= 0.6 is 0 Å². The summed E-state index contributed by atoms with van der Waals surface area (Å²) in [5, 5.41) is 9.66. The first-order valence-electron chi connectivity index (χ1n) is 7.41. The van der Waals surface area contributed by atoms with E-state index in [-0.39, 0.29) is 10.5 Å². The lowest BCUT2D eigenvalue weighted by atomic mass is 10.1. The van der Waals surface area contributed by atoms with E-state index in [1.807, 2.05) is 6.20 Å². The lowest BCUT2D eigenvalue weighted by Gasteiger charge is -2.24. The van der Waals surface area contributed by atoms with Gasteiger partial charge in [-0.2, -0.15) is 0 Å². The van der Waals surface area contributed by atoms with Gasteiger partial charge in [0.15, 0.2) is 9.84 Å². The van der Waals surface area contributed by atoms with Crippen LogP contribution in [0.5, 0.6) is 0 Å². The Morgan fingerprint density at radius 2 is 1.74 bits per heavy atom. The predicted octanol–water partition coefficient (Wildman–Crippen LogP) is 2.09. The van der Waals surface area contributed by atoms with E-state index in [9.17, 15) is 13.2 Å². The van der Waals surface area contributed by atoms with E-state index in [0.29, 0.717) is 0 Å². The smallest absolute Gasteiger partial charge is 0.274 e. The van der Waals surface area contributed by atoms with Crippen LogP contribution in [0.4, 0.5) is 0 Å². The number of carbonyl (C=O) groups excluding carboxylic acids is 1. The van der Waals surface area contributed by atoms with Crippen LogP contribution in [0.15, 0.2) is 52.9 Å². The van der Waals surface area contributed by atoms with Crippen LogP contribution < -0.4 is 5.48 Å². The van der Waals surface area contributed by atoms with Gasteiger partial charge in [0.05, 0.1) is 4.90 Å². The van der Waals surface area contributed by atoms with Crippen LogP contribution in [0.3, 0.4) is 0 Å². The Kier molecular flexibility index (Phi) is 5.95. The molecule has 0 bridgehead atoms. The van der Waals surface area contributed by atoms with Crippen LogP contribution in [0.1, 0.15) is 29.6 Å². The molecule has 0 atom stereocenters. The molecule has 2 N–H and O–H groups in total. The average molecular weight is 336 g/mol. The lowest BCUT2D eigenvalue weighted by molar-refractivity contribution is 0.0706. The quantitative estimate of drug-likeness (QED) is 0.488. The van der Waals surface area contributed by atoms with Gasteiger partial charge < -0.3 is 4.90 Å². The molecule has 1 aliphatic heterocycles. The zero-order valence-electron chi connectivity index (χ0n) is 12.7.